The summed E-state index contributed by atoms with van der Waals surface area (Å²) in [4.78, 5) is 11.9. The van der Waals surface area contributed by atoms with Gasteiger partial charge in [0.1, 0.15) is 0 Å². The quantitative estimate of drug-likeness (QED) is 0.768. The first-order chi connectivity index (χ1) is 8.22. The molecule has 0 aromatic heterocycles. The van der Waals surface area contributed by atoms with Crippen LogP contribution in [-0.2, 0) is 19.4 Å². The van der Waals surface area contributed by atoms with Gasteiger partial charge < -0.3 is 9.84 Å². The fraction of sp³-hybridized carbons (Fsp3) is 0.917. The third-order valence-corrected chi connectivity index (χ3v) is 5.17. The lowest BCUT2D eigenvalue weighted by atomic mass is 9.78. The summed E-state index contributed by atoms with van der Waals surface area (Å²) in [5.41, 5.74) is -1.49. The van der Waals surface area contributed by atoms with Crippen LogP contribution in [-0.4, -0.2) is 43.2 Å². The topological polar surface area (TPSA) is 80.7 Å². The number of esters is 1. The Morgan fingerprint density at radius 1 is 1.44 bits per heavy atom. The van der Waals surface area contributed by atoms with Gasteiger partial charge >= 0.3 is 5.97 Å². The van der Waals surface area contributed by atoms with Gasteiger partial charge in [-0.2, -0.15) is 0 Å². The summed E-state index contributed by atoms with van der Waals surface area (Å²) in [5.74, 6) is -1.72. The minimum atomic E-state index is -3.28. The number of aliphatic hydroxyl groups is 1. The van der Waals surface area contributed by atoms with Crippen molar-refractivity contribution in [2.75, 3.05) is 18.1 Å². The van der Waals surface area contributed by atoms with Crippen molar-refractivity contribution < 1.29 is 23.1 Å². The molecule has 5 nitrogen and oxygen atoms in total. The molecule has 106 valence electrons. The summed E-state index contributed by atoms with van der Waals surface area (Å²) in [6.07, 6.45) is 0.718. The third kappa shape index (κ3) is 3.45. The van der Waals surface area contributed by atoms with Crippen molar-refractivity contribution >= 4 is 15.8 Å². The summed E-state index contributed by atoms with van der Waals surface area (Å²) in [6, 6.07) is 0. The molecule has 0 amide bonds. The Bertz CT molecular complexity index is 401. The van der Waals surface area contributed by atoms with Gasteiger partial charge in [0.2, 0.25) is 0 Å². The molecule has 0 spiro atoms. The Morgan fingerprint density at radius 3 is 2.50 bits per heavy atom. The second-order valence-electron chi connectivity index (χ2n) is 5.27. The Labute approximate surface area is 108 Å². The van der Waals surface area contributed by atoms with Crippen LogP contribution in [0.15, 0.2) is 0 Å². The zero-order valence-corrected chi connectivity index (χ0v) is 12.0. The van der Waals surface area contributed by atoms with Crippen molar-refractivity contribution in [2.45, 2.75) is 39.2 Å². The molecule has 2 atom stereocenters. The number of ether oxygens (including phenoxy) is 1. The van der Waals surface area contributed by atoms with Crippen molar-refractivity contribution in [3.63, 3.8) is 0 Å². The Kier molecular flexibility index (Phi) is 4.78. The van der Waals surface area contributed by atoms with Gasteiger partial charge in [-0.15, -0.1) is 0 Å². The normalized spacial score (nSPS) is 28.9. The second-order valence-corrected chi connectivity index (χ2v) is 7.46. The van der Waals surface area contributed by atoms with Gasteiger partial charge in [-0.3, -0.25) is 4.79 Å². The highest BCUT2D eigenvalue weighted by molar-refractivity contribution is 7.91. The van der Waals surface area contributed by atoms with Crippen LogP contribution in [0.3, 0.4) is 0 Å². The van der Waals surface area contributed by atoms with E-state index in [4.69, 9.17) is 4.74 Å². The van der Waals surface area contributed by atoms with Gasteiger partial charge in [-0.1, -0.05) is 13.8 Å². The standard InChI is InChI=1S/C12H22O5S/c1-4-17-11(13)10(9(2)3)12(14)6-5-7-18(15,16)8-12/h9-10,14H,4-8H2,1-3H3. The van der Waals surface area contributed by atoms with E-state index in [9.17, 15) is 18.3 Å². The highest BCUT2D eigenvalue weighted by Crippen LogP contribution is 2.35. The predicted octanol–water partition coefficient (Wildman–Crippen LogP) is 0.761. The molecular weight excluding hydrogens is 256 g/mol. The Balaban J connectivity index is 3.00. The fourth-order valence-corrected chi connectivity index (χ4v) is 4.53. The summed E-state index contributed by atoms with van der Waals surface area (Å²) in [6.45, 7) is 5.50. The summed E-state index contributed by atoms with van der Waals surface area (Å²) >= 11 is 0. The first kappa shape index (κ1) is 15.4. The van der Waals surface area contributed by atoms with Crippen molar-refractivity contribution in [3.05, 3.63) is 0 Å². The molecule has 0 radical (unpaired) electrons. The lowest BCUT2D eigenvalue weighted by molar-refractivity contribution is -0.161. The monoisotopic (exact) mass is 278 g/mol. The number of carbonyl (C=O) groups is 1. The maximum absolute atomic E-state index is 11.9. The maximum Gasteiger partial charge on any atom is 0.312 e. The van der Waals surface area contributed by atoms with Crippen LogP contribution in [0.1, 0.15) is 33.6 Å². The predicted molar refractivity (Wildman–Crippen MR) is 67.8 cm³/mol. The largest absolute Gasteiger partial charge is 0.466 e. The van der Waals surface area contributed by atoms with E-state index in [1.54, 1.807) is 20.8 Å². The number of hydrogen-bond acceptors (Lipinski definition) is 5. The van der Waals surface area contributed by atoms with Crippen molar-refractivity contribution in [1.29, 1.82) is 0 Å². The smallest absolute Gasteiger partial charge is 0.312 e. The van der Waals surface area contributed by atoms with Crippen LogP contribution in [0.4, 0.5) is 0 Å². The highest BCUT2D eigenvalue weighted by Gasteiger charge is 2.48. The van der Waals surface area contributed by atoms with Crippen molar-refractivity contribution in [2.24, 2.45) is 11.8 Å². The van der Waals surface area contributed by atoms with Gasteiger partial charge in [0, 0.05) is 0 Å². The van der Waals surface area contributed by atoms with Crippen LogP contribution in [0.25, 0.3) is 0 Å². The van der Waals surface area contributed by atoms with Gasteiger partial charge in [0.25, 0.3) is 0 Å². The van der Waals surface area contributed by atoms with Gasteiger partial charge in [-0.25, -0.2) is 8.42 Å². The summed E-state index contributed by atoms with van der Waals surface area (Å²) in [5, 5.41) is 10.6. The number of sulfone groups is 1. The molecule has 1 N–H and O–H groups in total. The molecular formula is C12H22O5S. The van der Waals surface area contributed by atoms with Crippen LogP contribution in [0, 0.1) is 11.8 Å². The van der Waals surface area contributed by atoms with Gasteiger partial charge in [-0.05, 0) is 25.7 Å². The van der Waals surface area contributed by atoms with Crippen molar-refractivity contribution in [3.8, 4) is 0 Å². The first-order valence-electron chi connectivity index (χ1n) is 6.31. The average molecular weight is 278 g/mol. The summed E-state index contributed by atoms with van der Waals surface area (Å²) in [7, 11) is -3.28. The van der Waals surface area contributed by atoms with E-state index >= 15 is 0 Å². The lowest BCUT2D eigenvalue weighted by Gasteiger charge is -2.39. The molecule has 6 heteroatoms. The third-order valence-electron chi connectivity index (χ3n) is 3.32. The molecule has 18 heavy (non-hydrogen) atoms. The van der Waals surface area contributed by atoms with E-state index in [-0.39, 0.29) is 24.0 Å². The van der Waals surface area contributed by atoms with E-state index in [0.717, 1.165) is 0 Å². The van der Waals surface area contributed by atoms with Crippen LogP contribution in [0.5, 0.6) is 0 Å². The fourth-order valence-electron chi connectivity index (χ4n) is 2.71. The SMILES string of the molecule is CCOC(=O)C(C(C)C)C1(O)CCCS(=O)(=O)C1. The molecule has 0 aliphatic carbocycles. The molecule has 0 aromatic rings. The van der Waals surface area contributed by atoms with E-state index in [1.165, 1.54) is 0 Å². The minimum Gasteiger partial charge on any atom is -0.466 e. The molecule has 0 aromatic carbocycles. The highest BCUT2D eigenvalue weighted by atomic mass is 32.2. The van der Waals surface area contributed by atoms with E-state index in [0.29, 0.717) is 12.8 Å². The van der Waals surface area contributed by atoms with Gasteiger partial charge in [0.15, 0.2) is 9.84 Å². The second kappa shape index (κ2) is 5.57. The molecule has 1 aliphatic rings. The minimum absolute atomic E-state index is 0.0863. The maximum atomic E-state index is 11.9. The Morgan fingerprint density at radius 2 is 2.06 bits per heavy atom. The number of hydrogen-bond donors (Lipinski definition) is 1. The van der Waals surface area contributed by atoms with Gasteiger partial charge in [0.05, 0.1) is 29.6 Å². The number of rotatable bonds is 4. The first-order valence-corrected chi connectivity index (χ1v) is 8.13. The van der Waals surface area contributed by atoms with Crippen LogP contribution in [0.2, 0.25) is 0 Å². The molecule has 0 saturated carbocycles. The summed E-state index contributed by atoms with van der Waals surface area (Å²) < 4.78 is 28.3. The molecule has 1 fully saturated rings. The van der Waals surface area contributed by atoms with E-state index in [2.05, 4.69) is 0 Å². The van der Waals surface area contributed by atoms with Crippen molar-refractivity contribution in [1.82, 2.24) is 0 Å². The average Bonchev–Trinajstić information content (AvgIpc) is 2.13. The zero-order chi connectivity index (χ0) is 14.0. The van der Waals surface area contributed by atoms with E-state index < -0.39 is 27.3 Å². The molecule has 1 rings (SSSR count). The van der Waals surface area contributed by atoms with Crippen LogP contribution < -0.4 is 0 Å². The molecule has 2 unspecified atom stereocenters. The molecule has 1 saturated heterocycles. The molecule has 1 heterocycles. The number of carbonyl (C=O) groups excluding carboxylic acids is 1. The lowest BCUT2D eigenvalue weighted by Crippen LogP contribution is -2.53. The zero-order valence-electron chi connectivity index (χ0n) is 11.2. The Hall–Kier alpha value is -0.620. The molecule has 0 bridgehead atoms. The molecule has 1 aliphatic heterocycles. The van der Waals surface area contributed by atoms with E-state index in [1.807, 2.05) is 0 Å². The van der Waals surface area contributed by atoms with Crippen LogP contribution >= 0.6 is 0 Å².